The molecule has 0 radical (unpaired) electrons. The largest absolute Gasteiger partial charge is 0.465 e. The van der Waals surface area contributed by atoms with E-state index in [-0.39, 0.29) is 13.2 Å². The second-order valence-electron chi connectivity index (χ2n) is 4.02. The summed E-state index contributed by atoms with van der Waals surface area (Å²) in [4.78, 5) is 33.6. The molecule has 0 amide bonds. The number of hydrogen-bond donors (Lipinski definition) is 0. The SMILES string of the molecule is CCOC(=O)C(C(=O)OCC)c1c(F)cc([N+](=O)[O-])cc1Cl. The molecule has 0 N–H and O–H groups in total. The fourth-order valence-corrected chi connectivity index (χ4v) is 2.05. The standard InChI is InChI=1S/C13H13ClFNO6/c1-3-21-12(17)11(13(18)22-4-2)10-8(14)5-7(16(19)20)6-9(10)15/h5-6,11H,3-4H2,1-2H3. The Hall–Kier alpha value is -2.22. The second kappa shape index (κ2) is 7.69. The quantitative estimate of drug-likeness (QED) is 0.343. The molecule has 0 fully saturated rings. The lowest BCUT2D eigenvalue weighted by molar-refractivity contribution is -0.385. The molecular weight excluding hydrogens is 321 g/mol. The fraction of sp³-hybridized carbons (Fsp3) is 0.385. The monoisotopic (exact) mass is 333 g/mol. The van der Waals surface area contributed by atoms with Gasteiger partial charge in [-0.1, -0.05) is 11.6 Å². The second-order valence-corrected chi connectivity index (χ2v) is 4.42. The highest BCUT2D eigenvalue weighted by Crippen LogP contribution is 2.33. The van der Waals surface area contributed by atoms with E-state index in [1.54, 1.807) is 0 Å². The summed E-state index contributed by atoms with van der Waals surface area (Å²) in [5.74, 6) is -5.00. The number of nitrogens with zero attached hydrogens (tertiary/aromatic N) is 1. The highest BCUT2D eigenvalue weighted by Gasteiger charge is 2.36. The molecule has 1 rings (SSSR count). The summed E-state index contributed by atoms with van der Waals surface area (Å²) in [6.07, 6.45) is 0. The molecule has 0 aliphatic heterocycles. The van der Waals surface area contributed by atoms with Gasteiger partial charge in [-0.2, -0.15) is 0 Å². The van der Waals surface area contributed by atoms with Gasteiger partial charge in [0.1, 0.15) is 5.82 Å². The number of rotatable bonds is 6. The summed E-state index contributed by atoms with van der Waals surface area (Å²) in [6, 6.07) is 1.43. The maximum absolute atomic E-state index is 14.1. The van der Waals surface area contributed by atoms with Crippen LogP contribution in [0.1, 0.15) is 25.3 Å². The van der Waals surface area contributed by atoms with Gasteiger partial charge in [0.15, 0.2) is 5.92 Å². The smallest absolute Gasteiger partial charge is 0.325 e. The highest BCUT2D eigenvalue weighted by atomic mass is 35.5. The normalized spacial score (nSPS) is 10.4. The summed E-state index contributed by atoms with van der Waals surface area (Å²) in [5.41, 5.74) is -1.11. The predicted octanol–water partition coefficient (Wildman–Crippen LogP) is 2.60. The molecule has 9 heteroatoms. The Morgan fingerprint density at radius 1 is 1.27 bits per heavy atom. The van der Waals surface area contributed by atoms with Crippen molar-refractivity contribution in [1.82, 2.24) is 0 Å². The van der Waals surface area contributed by atoms with Crippen molar-refractivity contribution < 1.29 is 28.4 Å². The van der Waals surface area contributed by atoms with E-state index in [1.807, 2.05) is 0 Å². The number of benzene rings is 1. The van der Waals surface area contributed by atoms with E-state index in [4.69, 9.17) is 21.1 Å². The number of nitro benzene ring substituents is 1. The number of nitro groups is 1. The van der Waals surface area contributed by atoms with Gasteiger partial charge < -0.3 is 9.47 Å². The van der Waals surface area contributed by atoms with E-state index in [1.165, 1.54) is 13.8 Å². The van der Waals surface area contributed by atoms with Crippen LogP contribution in [0.25, 0.3) is 0 Å². The molecule has 1 aromatic rings. The average Bonchev–Trinajstić information content (AvgIpc) is 2.42. The van der Waals surface area contributed by atoms with E-state index in [2.05, 4.69) is 0 Å². The summed E-state index contributed by atoms with van der Waals surface area (Å²) in [6.45, 7) is 2.93. The van der Waals surface area contributed by atoms with Gasteiger partial charge in [-0.15, -0.1) is 0 Å². The van der Waals surface area contributed by atoms with Crippen molar-refractivity contribution in [2.24, 2.45) is 0 Å². The molecule has 22 heavy (non-hydrogen) atoms. The number of esters is 2. The lowest BCUT2D eigenvalue weighted by Crippen LogP contribution is -2.27. The van der Waals surface area contributed by atoms with Crippen LogP contribution in [0.2, 0.25) is 5.02 Å². The number of non-ortho nitro benzene ring substituents is 1. The van der Waals surface area contributed by atoms with Gasteiger partial charge >= 0.3 is 11.9 Å². The van der Waals surface area contributed by atoms with Crippen LogP contribution in [0.4, 0.5) is 10.1 Å². The van der Waals surface area contributed by atoms with Crippen molar-refractivity contribution >= 4 is 29.2 Å². The van der Waals surface area contributed by atoms with Gasteiger partial charge in [0.2, 0.25) is 0 Å². The first-order valence-corrected chi connectivity index (χ1v) is 6.67. The lowest BCUT2D eigenvalue weighted by Gasteiger charge is -2.16. The Labute approximate surface area is 130 Å². The molecule has 0 bridgehead atoms. The van der Waals surface area contributed by atoms with Gasteiger partial charge in [0.25, 0.3) is 5.69 Å². The van der Waals surface area contributed by atoms with Crippen molar-refractivity contribution in [3.63, 3.8) is 0 Å². The van der Waals surface area contributed by atoms with Crippen molar-refractivity contribution in [2.45, 2.75) is 19.8 Å². The minimum Gasteiger partial charge on any atom is -0.465 e. The van der Waals surface area contributed by atoms with Gasteiger partial charge in [0, 0.05) is 11.6 Å². The van der Waals surface area contributed by atoms with E-state index in [0.29, 0.717) is 6.07 Å². The molecular formula is C13H13ClFNO6. The van der Waals surface area contributed by atoms with Crippen LogP contribution in [-0.4, -0.2) is 30.1 Å². The van der Waals surface area contributed by atoms with Gasteiger partial charge in [-0.3, -0.25) is 19.7 Å². The van der Waals surface area contributed by atoms with Crippen molar-refractivity contribution in [2.75, 3.05) is 13.2 Å². The minimum atomic E-state index is -1.74. The third kappa shape index (κ3) is 3.91. The van der Waals surface area contributed by atoms with Crippen molar-refractivity contribution in [3.8, 4) is 0 Å². The van der Waals surface area contributed by atoms with E-state index in [0.717, 1.165) is 6.07 Å². The molecule has 0 atom stereocenters. The van der Waals surface area contributed by atoms with E-state index >= 15 is 0 Å². The lowest BCUT2D eigenvalue weighted by atomic mass is 9.98. The van der Waals surface area contributed by atoms with E-state index < -0.39 is 44.9 Å². The Balaban J connectivity index is 3.39. The Morgan fingerprint density at radius 2 is 1.77 bits per heavy atom. The fourth-order valence-electron chi connectivity index (χ4n) is 1.74. The van der Waals surface area contributed by atoms with Crippen LogP contribution in [0, 0.1) is 15.9 Å². The number of ether oxygens (including phenoxy) is 2. The number of hydrogen-bond acceptors (Lipinski definition) is 6. The van der Waals surface area contributed by atoms with Crippen LogP contribution < -0.4 is 0 Å². The Kier molecular flexibility index (Phi) is 6.24. The summed E-state index contributed by atoms with van der Waals surface area (Å²) >= 11 is 5.80. The zero-order chi connectivity index (χ0) is 16.9. The molecule has 7 nitrogen and oxygen atoms in total. The average molecular weight is 334 g/mol. The molecule has 0 unspecified atom stereocenters. The molecule has 0 saturated heterocycles. The van der Waals surface area contributed by atoms with Crippen LogP contribution >= 0.6 is 11.6 Å². The molecule has 0 spiro atoms. The maximum atomic E-state index is 14.1. The number of carbonyl (C=O) groups excluding carboxylic acids is 2. The first kappa shape index (κ1) is 17.8. The predicted molar refractivity (Wildman–Crippen MR) is 74.1 cm³/mol. The maximum Gasteiger partial charge on any atom is 0.325 e. The summed E-state index contributed by atoms with van der Waals surface area (Å²) in [7, 11) is 0. The molecule has 0 aliphatic carbocycles. The molecule has 0 heterocycles. The molecule has 1 aromatic carbocycles. The van der Waals surface area contributed by atoms with Crippen molar-refractivity contribution in [3.05, 3.63) is 38.7 Å². The number of halogens is 2. The van der Waals surface area contributed by atoms with Gasteiger partial charge in [-0.25, -0.2) is 4.39 Å². The molecule has 0 saturated carbocycles. The first-order chi connectivity index (χ1) is 10.3. The zero-order valence-electron chi connectivity index (χ0n) is 11.8. The van der Waals surface area contributed by atoms with E-state index in [9.17, 15) is 24.1 Å². The molecule has 0 aliphatic rings. The first-order valence-electron chi connectivity index (χ1n) is 6.30. The molecule has 0 aromatic heterocycles. The zero-order valence-corrected chi connectivity index (χ0v) is 12.6. The third-order valence-electron chi connectivity index (χ3n) is 2.61. The topological polar surface area (TPSA) is 95.7 Å². The van der Waals surface area contributed by atoms with Crippen LogP contribution in [0.5, 0.6) is 0 Å². The Morgan fingerprint density at radius 3 is 2.14 bits per heavy atom. The van der Waals surface area contributed by atoms with Gasteiger partial charge in [-0.05, 0) is 13.8 Å². The summed E-state index contributed by atoms with van der Waals surface area (Å²) < 4.78 is 23.5. The van der Waals surface area contributed by atoms with Crippen LogP contribution in [-0.2, 0) is 19.1 Å². The third-order valence-corrected chi connectivity index (χ3v) is 2.92. The molecule has 120 valence electrons. The van der Waals surface area contributed by atoms with Crippen LogP contribution in [0.15, 0.2) is 12.1 Å². The van der Waals surface area contributed by atoms with Crippen LogP contribution in [0.3, 0.4) is 0 Å². The Bertz CT molecular complexity index is 565. The summed E-state index contributed by atoms with van der Waals surface area (Å²) in [5, 5.41) is 10.2. The minimum absolute atomic E-state index is 0.0407. The number of carbonyl (C=O) groups is 2. The highest BCUT2D eigenvalue weighted by molar-refractivity contribution is 6.32. The van der Waals surface area contributed by atoms with Gasteiger partial charge in [0.05, 0.1) is 29.2 Å². The van der Waals surface area contributed by atoms with Crippen molar-refractivity contribution in [1.29, 1.82) is 0 Å².